The zero-order valence-corrected chi connectivity index (χ0v) is 22.7. The smallest absolute Gasteiger partial charge is 0.220 e. The first kappa shape index (κ1) is 25.6. The summed E-state index contributed by atoms with van der Waals surface area (Å²) >= 11 is 13.9. The molecule has 0 bridgehead atoms. The van der Waals surface area contributed by atoms with Crippen molar-refractivity contribution < 1.29 is 4.79 Å². The molecule has 3 aromatic rings. The average molecular weight is 548 g/mol. The zero-order valence-electron chi connectivity index (χ0n) is 20.4. The second kappa shape index (κ2) is 12.0. The van der Waals surface area contributed by atoms with Crippen LogP contribution in [-0.2, 0) is 11.2 Å². The minimum Gasteiger partial charge on any atom is -0.356 e. The van der Waals surface area contributed by atoms with Gasteiger partial charge in [0.2, 0.25) is 5.91 Å². The molecule has 2 aliphatic rings. The van der Waals surface area contributed by atoms with Gasteiger partial charge in [-0.3, -0.25) is 9.69 Å². The van der Waals surface area contributed by atoms with E-state index in [0.29, 0.717) is 41.1 Å². The summed E-state index contributed by atoms with van der Waals surface area (Å²) < 4.78 is 0. The number of likely N-dealkylation sites (tertiary alicyclic amines) is 1. The van der Waals surface area contributed by atoms with Crippen LogP contribution in [0.3, 0.4) is 0 Å². The van der Waals surface area contributed by atoms with Crippen molar-refractivity contribution in [3.8, 4) is 0 Å². The maximum absolute atomic E-state index is 12.4. The molecule has 0 saturated carbocycles. The molecule has 1 N–H and O–H groups in total. The Kier molecular flexibility index (Phi) is 8.57. The summed E-state index contributed by atoms with van der Waals surface area (Å²) in [5.41, 5.74) is 1.90. The molecule has 2 aliphatic heterocycles. The minimum atomic E-state index is 0.0617. The van der Waals surface area contributed by atoms with Crippen LogP contribution in [0, 0.1) is 0 Å². The molecular weight excluding hydrogens is 515 g/mol. The largest absolute Gasteiger partial charge is 0.356 e. The number of rotatable bonds is 9. The summed E-state index contributed by atoms with van der Waals surface area (Å²) in [4.78, 5) is 32.0. The van der Waals surface area contributed by atoms with Crippen LogP contribution in [0.4, 0.5) is 5.82 Å². The maximum Gasteiger partial charge on any atom is 0.220 e. The summed E-state index contributed by atoms with van der Waals surface area (Å²) in [6.07, 6.45) is 9.77. The lowest BCUT2D eigenvalue weighted by molar-refractivity contribution is -0.121. The Morgan fingerprint density at radius 1 is 1.08 bits per heavy atom. The van der Waals surface area contributed by atoms with Crippen LogP contribution >= 0.6 is 34.5 Å². The van der Waals surface area contributed by atoms with Crippen molar-refractivity contribution in [2.75, 3.05) is 37.6 Å². The molecule has 1 atom stereocenters. The molecule has 0 aliphatic carbocycles. The number of carbonyl (C=O) groups is 1. The van der Waals surface area contributed by atoms with Gasteiger partial charge in [-0.05, 0) is 62.8 Å². The van der Waals surface area contributed by atoms with Crippen LogP contribution in [0.2, 0.25) is 10.0 Å². The molecule has 192 valence electrons. The van der Waals surface area contributed by atoms with Crippen LogP contribution in [0.1, 0.15) is 61.6 Å². The Labute approximate surface area is 226 Å². The van der Waals surface area contributed by atoms with E-state index in [-0.39, 0.29) is 5.91 Å². The van der Waals surface area contributed by atoms with E-state index in [1.54, 1.807) is 11.3 Å². The first-order chi connectivity index (χ1) is 17.6. The second-order valence-corrected chi connectivity index (χ2v) is 11.5. The van der Waals surface area contributed by atoms with Crippen LogP contribution < -0.4 is 10.2 Å². The van der Waals surface area contributed by atoms with Crippen molar-refractivity contribution in [1.82, 2.24) is 25.2 Å². The normalized spacial score (nSPS) is 18.7. The first-order valence-corrected chi connectivity index (χ1v) is 14.5. The lowest BCUT2D eigenvalue weighted by Crippen LogP contribution is -2.30. The molecule has 1 aromatic carbocycles. The van der Waals surface area contributed by atoms with Gasteiger partial charge in [-0.1, -0.05) is 40.6 Å². The van der Waals surface area contributed by atoms with Gasteiger partial charge in [-0.2, -0.15) is 0 Å². The van der Waals surface area contributed by atoms with Gasteiger partial charge >= 0.3 is 0 Å². The van der Waals surface area contributed by atoms with E-state index in [2.05, 4.69) is 31.2 Å². The Hall–Kier alpha value is -2.00. The Bertz CT molecular complexity index is 1200. The van der Waals surface area contributed by atoms with Gasteiger partial charge in [0.05, 0.1) is 21.2 Å². The monoisotopic (exact) mass is 546 g/mol. The number of carbonyl (C=O) groups excluding carboxylic acids is 1. The fourth-order valence-electron chi connectivity index (χ4n) is 5.15. The molecule has 7 nitrogen and oxygen atoms in total. The van der Waals surface area contributed by atoms with Crippen molar-refractivity contribution in [2.24, 2.45) is 0 Å². The second-order valence-electron chi connectivity index (χ2n) is 9.58. The molecule has 2 fully saturated rings. The number of aryl methyl sites for hydroxylation is 1. The van der Waals surface area contributed by atoms with Gasteiger partial charge in [0.15, 0.2) is 10.5 Å². The third kappa shape index (κ3) is 6.28. The van der Waals surface area contributed by atoms with Gasteiger partial charge in [0, 0.05) is 45.1 Å². The van der Waals surface area contributed by atoms with Crippen LogP contribution in [0.15, 0.2) is 24.4 Å². The van der Waals surface area contributed by atoms with E-state index in [1.165, 1.54) is 31.2 Å². The molecule has 2 aromatic heterocycles. The fourth-order valence-corrected chi connectivity index (χ4v) is 6.34. The Balaban J connectivity index is 1.05. The number of nitrogens with one attached hydrogen (secondary N) is 1. The zero-order chi connectivity index (χ0) is 24.9. The van der Waals surface area contributed by atoms with E-state index in [0.717, 1.165) is 54.7 Å². The SMILES string of the molecule is O=C(CCc1nc2ncc(N3CCCCC3)nc2s1)NCCCN1CCCC1c1ccc(Cl)c(Cl)c1. The lowest BCUT2D eigenvalue weighted by Gasteiger charge is -2.27. The Morgan fingerprint density at radius 3 is 2.78 bits per heavy atom. The predicted molar refractivity (Wildman–Crippen MR) is 147 cm³/mol. The first-order valence-electron chi connectivity index (χ1n) is 12.9. The number of aromatic nitrogens is 3. The van der Waals surface area contributed by atoms with Gasteiger partial charge < -0.3 is 10.2 Å². The molecule has 0 radical (unpaired) electrons. The van der Waals surface area contributed by atoms with Crippen LogP contribution in [0.5, 0.6) is 0 Å². The number of benzene rings is 1. The third-order valence-electron chi connectivity index (χ3n) is 7.04. The summed E-state index contributed by atoms with van der Waals surface area (Å²) in [6, 6.07) is 6.30. The van der Waals surface area contributed by atoms with E-state index in [1.807, 2.05) is 18.3 Å². The standard InChI is InChI=1S/C26H32Cl2N6OS/c27-19-8-7-18(16-20(19)28)21-6-4-14-33(21)15-5-11-29-23(35)9-10-24-32-25-26(36-24)31-22(17-30-25)34-12-2-1-3-13-34/h7-8,16-17,21H,1-6,9-15H2,(H,29,35). The Morgan fingerprint density at radius 2 is 1.94 bits per heavy atom. The van der Waals surface area contributed by atoms with Gasteiger partial charge in [0.25, 0.3) is 0 Å². The van der Waals surface area contributed by atoms with Crippen molar-refractivity contribution in [1.29, 1.82) is 0 Å². The van der Waals surface area contributed by atoms with Crippen molar-refractivity contribution in [3.63, 3.8) is 0 Å². The van der Waals surface area contributed by atoms with Crippen molar-refractivity contribution in [3.05, 3.63) is 45.0 Å². The molecular formula is C26H32Cl2N6OS. The number of fused-ring (bicyclic) bond motifs is 1. The highest BCUT2D eigenvalue weighted by Gasteiger charge is 2.26. The number of thiazole rings is 1. The van der Waals surface area contributed by atoms with Crippen LogP contribution in [-0.4, -0.2) is 58.5 Å². The molecule has 0 spiro atoms. The lowest BCUT2D eigenvalue weighted by atomic mass is 10.0. The molecule has 5 rings (SSSR count). The maximum atomic E-state index is 12.4. The van der Waals surface area contributed by atoms with Crippen LogP contribution in [0.25, 0.3) is 10.5 Å². The highest BCUT2D eigenvalue weighted by molar-refractivity contribution is 7.18. The summed E-state index contributed by atoms with van der Waals surface area (Å²) in [5, 5.41) is 5.18. The van der Waals surface area contributed by atoms with Gasteiger partial charge in [-0.25, -0.2) is 15.0 Å². The number of amides is 1. The van der Waals surface area contributed by atoms with E-state index >= 15 is 0 Å². The highest BCUT2D eigenvalue weighted by Crippen LogP contribution is 2.35. The van der Waals surface area contributed by atoms with Crippen molar-refractivity contribution >= 4 is 56.7 Å². The number of nitrogens with zero attached hydrogens (tertiary/aromatic N) is 5. The fraction of sp³-hybridized carbons (Fsp3) is 0.538. The van der Waals surface area contributed by atoms with E-state index < -0.39 is 0 Å². The summed E-state index contributed by atoms with van der Waals surface area (Å²) in [6.45, 7) is 4.77. The minimum absolute atomic E-state index is 0.0617. The molecule has 36 heavy (non-hydrogen) atoms. The highest BCUT2D eigenvalue weighted by atomic mass is 35.5. The number of anilines is 1. The molecule has 1 amide bonds. The van der Waals surface area contributed by atoms with Gasteiger partial charge in [-0.15, -0.1) is 0 Å². The topological polar surface area (TPSA) is 74.2 Å². The summed E-state index contributed by atoms with van der Waals surface area (Å²) in [7, 11) is 0. The van der Waals surface area contributed by atoms with E-state index in [9.17, 15) is 4.79 Å². The number of hydrogen-bond donors (Lipinski definition) is 1. The molecule has 10 heteroatoms. The van der Waals surface area contributed by atoms with Gasteiger partial charge in [0.1, 0.15) is 5.82 Å². The molecule has 1 unspecified atom stereocenters. The molecule has 4 heterocycles. The quantitative estimate of drug-likeness (QED) is 0.349. The number of hydrogen-bond acceptors (Lipinski definition) is 7. The molecule has 2 saturated heterocycles. The number of halogens is 2. The predicted octanol–water partition coefficient (Wildman–Crippen LogP) is 5.66. The summed E-state index contributed by atoms with van der Waals surface area (Å²) in [5.74, 6) is 1.00. The average Bonchev–Trinajstić information content (AvgIpc) is 3.54. The van der Waals surface area contributed by atoms with E-state index in [4.69, 9.17) is 28.2 Å². The number of piperidine rings is 1. The third-order valence-corrected chi connectivity index (χ3v) is 8.77. The van der Waals surface area contributed by atoms with Crippen molar-refractivity contribution in [2.45, 2.75) is 57.4 Å².